The molecule has 2 aromatic rings. The molecule has 18 heavy (non-hydrogen) atoms. The number of rotatable bonds is 4. The molecule has 2 rings (SSSR count). The first kappa shape index (κ1) is 11.9. The zero-order valence-corrected chi connectivity index (χ0v) is 9.71. The van der Waals surface area contributed by atoms with Gasteiger partial charge in [-0.25, -0.2) is 9.42 Å². The van der Waals surface area contributed by atoms with Crippen LogP contribution in [0.25, 0.3) is 11.3 Å². The molecule has 0 atom stereocenters. The Morgan fingerprint density at radius 1 is 1.22 bits per heavy atom. The van der Waals surface area contributed by atoms with Gasteiger partial charge in [-0.2, -0.15) is 0 Å². The van der Waals surface area contributed by atoms with E-state index in [1.807, 2.05) is 0 Å². The monoisotopic (exact) mass is 250 g/mol. The van der Waals surface area contributed by atoms with Crippen LogP contribution in [0.4, 0.5) is 0 Å². The van der Waals surface area contributed by atoms with Gasteiger partial charge in [0.25, 0.3) is 0 Å². The minimum atomic E-state index is -1.21. The van der Waals surface area contributed by atoms with Gasteiger partial charge < -0.3 is 14.6 Å². The number of aromatic carboxylic acids is 1. The average Bonchev–Trinajstić information content (AvgIpc) is 2.87. The van der Waals surface area contributed by atoms with E-state index in [0.717, 1.165) is 0 Å². The van der Waals surface area contributed by atoms with Crippen LogP contribution in [0.3, 0.4) is 0 Å². The number of hydrogen-bond acceptors (Lipinski definition) is 6. The summed E-state index contributed by atoms with van der Waals surface area (Å²) in [6, 6.07) is 4.90. The normalized spacial score (nSPS) is 10.1. The summed E-state index contributed by atoms with van der Waals surface area (Å²) >= 11 is 0. The summed E-state index contributed by atoms with van der Waals surface area (Å²) in [5.41, 5.74) is 0.414. The lowest BCUT2D eigenvalue weighted by Gasteiger charge is -2.08. The third-order valence-corrected chi connectivity index (χ3v) is 2.35. The van der Waals surface area contributed by atoms with Crippen molar-refractivity contribution in [2.75, 3.05) is 14.2 Å². The fourth-order valence-corrected chi connectivity index (χ4v) is 1.50. The minimum Gasteiger partial charge on any atom is -0.493 e. The van der Waals surface area contributed by atoms with E-state index in [2.05, 4.69) is 14.9 Å². The fraction of sp³-hybridized carbons (Fsp3) is 0.182. The molecule has 0 saturated heterocycles. The van der Waals surface area contributed by atoms with E-state index < -0.39 is 5.97 Å². The Balaban J connectivity index is 2.51. The van der Waals surface area contributed by atoms with Gasteiger partial charge in [0, 0.05) is 5.56 Å². The number of hydrogen-bond donors (Lipinski definition) is 1. The van der Waals surface area contributed by atoms with Gasteiger partial charge in [0.15, 0.2) is 11.5 Å². The Labute approximate surface area is 102 Å². The second-order valence-electron chi connectivity index (χ2n) is 3.34. The summed E-state index contributed by atoms with van der Waals surface area (Å²) < 4.78 is 14.6. The molecule has 1 aromatic heterocycles. The molecule has 94 valence electrons. The van der Waals surface area contributed by atoms with Crippen molar-refractivity contribution in [3.63, 3.8) is 0 Å². The second-order valence-corrected chi connectivity index (χ2v) is 3.34. The second kappa shape index (κ2) is 4.74. The molecule has 0 saturated carbocycles. The van der Waals surface area contributed by atoms with Crippen LogP contribution in [0.15, 0.2) is 22.8 Å². The van der Waals surface area contributed by atoms with Crippen molar-refractivity contribution in [2.45, 2.75) is 0 Å². The molecule has 0 amide bonds. The maximum absolute atomic E-state index is 10.9. The standard InChI is InChI=1S/C11H10N2O5/c1-16-7-4-3-6(5-8(7)17-2)9-10(11(14)15)13-18-12-9/h3-5H,1-2H3,(H,14,15). The zero-order chi connectivity index (χ0) is 13.1. The molecule has 0 bridgehead atoms. The lowest BCUT2D eigenvalue weighted by atomic mass is 10.1. The number of carboxylic acid groups (broad SMARTS) is 1. The Morgan fingerprint density at radius 3 is 2.56 bits per heavy atom. The molecule has 1 N–H and O–H groups in total. The highest BCUT2D eigenvalue weighted by molar-refractivity contribution is 5.92. The van der Waals surface area contributed by atoms with Crippen molar-refractivity contribution in [3.8, 4) is 22.8 Å². The van der Waals surface area contributed by atoms with Gasteiger partial charge in [0.05, 0.1) is 14.2 Å². The maximum Gasteiger partial charge on any atom is 0.360 e. The Hall–Kier alpha value is -2.57. The molecule has 1 heterocycles. The molecule has 0 unspecified atom stereocenters. The van der Waals surface area contributed by atoms with E-state index in [1.54, 1.807) is 18.2 Å². The number of aromatic nitrogens is 2. The molecule has 7 nitrogen and oxygen atoms in total. The van der Waals surface area contributed by atoms with Gasteiger partial charge >= 0.3 is 5.97 Å². The van der Waals surface area contributed by atoms with Crippen molar-refractivity contribution in [1.29, 1.82) is 0 Å². The van der Waals surface area contributed by atoms with Crippen LogP contribution in [-0.4, -0.2) is 35.6 Å². The fourth-order valence-electron chi connectivity index (χ4n) is 1.50. The van der Waals surface area contributed by atoms with Gasteiger partial charge in [-0.3, -0.25) is 0 Å². The highest BCUT2D eigenvalue weighted by atomic mass is 16.6. The van der Waals surface area contributed by atoms with Crippen LogP contribution < -0.4 is 9.47 Å². The molecule has 0 aliphatic rings. The number of nitrogens with zero attached hydrogens (tertiary/aromatic N) is 2. The first-order valence-corrected chi connectivity index (χ1v) is 4.95. The quantitative estimate of drug-likeness (QED) is 0.877. The lowest BCUT2D eigenvalue weighted by Crippen LogP contribution is -1.99. The van der Waals surface area contributed by atoms with Crippen molar-refractivity contribution >= 4 is 5.97 Å². The first-order chi connectivity index (χ1) is 8.67. The molecule has 0 spiro atoms. The number of methoxy groups -OCH3 is 2. The van der Waals surface area contributed by atoms with E-state index in [1.165, 1.54) is 14.2 Å². The van der Waals surface area contributed by atoms with Gasteiger partial charge in [0.1, 0.15) is 5.69 Å². The summed E-state index contributed by atoms with van der Waals surface area (Å²) in [7, 11) is 3.00. The number of ether oxygens (including phenoxy) is 2. The molecular formula is C11H10N2O5. The zero-order valence-electron chi connectivity index (χ0n) is 9.71. The Morgan fingerprint density at radius 2 is 1.94 bits per heavy atom. The molecule has 0 radical (unpaired) electrons. The number of carbonyl (C=O) groups is 1. The molecule has 0 aliphatic heterocycles. The van der Waals surface area contributed by atoms with Crippen molar-refractivity contribution in [3.05, 3.63) is 23.9 Å². The van der Waals surface area contributed by atoms with Crippen molar-refractivity contribution < 1.29 is 24.0 Å². The summed E-state index contributed by atoms with van der Waals surface area (Å²) in [6.07, 6.45) is 0. The Kier molecular flexibility index (Phi) is 3.13. The van der Waals surface area contributed by atoms with E-state index in [-0.39, 0.29) is 11.4 Å². The summed E-state index contributed by atoms with van der Waals surface area (Å²) in [5, 5.41) is 15.8. The molecule has 0 aliphatic carbocycles. The third-order valence-electron chi connectivity index (χ3n) is 2.35. The summed E-state index contributed by atoms with van der Waals surface area (Å²) in [5.74, 6) is -0.204. The van der Waals surface area contributed by atoms with Gasteiger partial charge in [-0.15, -0.1) is 0 Å². The molecule has 1 aromatic carbocycles. The average molecular weight is 250 g/mol. The number of benzene rings is 1. The molecular weight excluding hydrogens is 240 g/mol. The predicted molar refractivity (Wildman–Crippen MR) is 59.8 cm³/mol. The Bertz CT molecular complexity index is 579. The van der Waals surface area contributed by atoms with Crippen LogP contribution in [0.2, 0.25) is 0 Å². The highest BCUT2D eigenvalue weighted by Gasteiger charge is 2.19. The van der Waals surface area contributed by atoms with Crippen molar-refractivity contribution in [1.82, 2.24) is 10.3 Å². The minimum absolute atomic E-state index is 0.142. The molecule has 0 fully saturated rings. The van der Waals surface area contributed by atoms with E-state index in [9.17, 15) is 4.79 Å². The van der Waals surface area contributed by atoms with Crippen LogP contribution >= 0.6 is 0 Å². The van der Waals surface area contributed by atoms with Crippen molar-refractivity contribution in [2.24, 2.45) is 0 Å². The molecule has 7 heteroatoms. The topological polar surface area (TPSA) is 94.7 Å². The SMILES string of the molecule is COc1ccc(-c2nonc2C(=O)O)cc1OC. The van der Waals surface area contributed by atoms with Gasteiger partial charge in [-0.1, -0.05) is 0 Å². The van der Waals surface area contributed by atoms with Crippen LogP contribution in [-0.2, 0) is 0 Å². The van der Waals surface area contributed by atoms with Gasteiger partial charge in [0.2, 0.25) is 5.69 Å². The predicted octanol–water partition coefficient (Wildman–Crippen LogP) is 1.45. The van der Waals surface area contributed by atoms with Crippen LogP contribution in [0, 0.1) is 0 Å². The van der Waals surface area contributed by atoms with E-state index in [0.29, 0.717) is 17.1 Å². The number of carboxylic acids is 1. The third kappa shape index (κ3) is 1.97. The smallest absolute Gasteiger partial charge is 0.360 e. The maximum atomic E-state index is 10.9. The van der Waals surface area contributed by atoms with E-state index in [4.69, 9.17) is 14.6 Å². The van der Waals surface area contributed by atoms with E-state index >= 15 is 0 Å². The van der Waals surface area contributed by atoms with Gasteiger partial charge in [-0.05, 0) is 28.5 Å². The highest BCUT2D eigenvalue weighted by Crippen LogP contribution is 2.32. The first-order valence-electron chi connectivity index (χ1n) is 4.95. The summed E-state index contributed by atoms with van der Waals surface area (Å²) in [6.45, 7) is 0. The van der Waals surface area contributed by atoms with Crippen LogP contribution in [0.5, 0.6) is 11.5 Å². The largest absolute Gasteiger partial charge is 0.493 e. The summed E-state index contributed by atoms with van der Waals surface area (Å²) in [4.78, 5) is 10.9. The van der Waals surface area contributed by atoms with Crippen LogP contribution in [0.1, 0.15) is 10.5 Å². The lowest BCUT2D eigenvalue weighted by molar-refractivity contribution is 0.0685.